The summed E-state index contributed by atoms with van der Waals surface area (Å²) in [7, 11) is 0. The van der Waals surface area contributed by atoms with Crippen LogP contribution in [0.3, 0.4) is 0 Å². The summed E-state index contributed by atoms with van der Waals surface area (Å²) in [5.74, 6) is 0.777. The van der Waals surface area contributed by atoms with Crippen LogP contribution in [0.1, 0.15) is 5.56 Å². The Labute approximate surface area is 154 Å². The standard InChI is InChI=1S/C22H25NO3/c24-14-13-23(15-18-7-2-1-3-8-18)16-20(25)17-26-22-12-6-10-19-9-4-5-11-21(19)22/h1-12,20,24-25H,13-17H2. The van der Waals surface area contributed by atoms with Crippen LogP contribution in [0.15, 0.2) is 72.8 Å². The topological polar surface area (TPSA) is 52.9 Å². The molecule has 0 amide bonds. The smallest absolute Gasteiger partial charge is 0.127 e. The van der Waals surface area contributed by atoms with E-state index in [2.05, 4.69) is 0 Å². The van der Waals surface area contributed by atoms with Crippen LogP contribution in [0.2, 0.25) is 0 Å². The van der Waals surface area contributed by atoms with Crippen molar-refractivity contribution in [1.82, 2.24) is 4.90 Å². The van der Waals surface area contributed by atoms with Gasteiger partial charge in [0.15, 0.2) is 0 Å². The van der Waals surface area contributed by atoms with Crippen molar-refractivity contribution in [2.24, 2.45) is 0 Å². The van der Waals surface area contributed by atoms with Crippen molar-refractivity contribution < 1.29 is 14.9 Å². The average molecular weight is 351 g/mol. The first-order valence-electron chi connectivity index (χ1n) is 8.92. The van der Waals surface area contributed by atoms with Crippen molar-refractivity contribution in [2.45, 2.75) is 12.6 Å². The molecule has 3 aromatic carbocycles. The molecule has 1 unspecified atom stereocenters. The van der Waals surface area contributed by atoms with Crippen LogP contribution >= 0.6 is 0 Å². The lowest BCUT2D eigenvalue weighted by atomic mass is 10.1. The fourth-order valence-corrected chi connectivity index (χ4v) is 3.08. The van der Waals surface area contributed by atoms with Crippen LogP contribution in [0.4, 0.5) is 0 Å². The third kappa shape index (κ3) is 5.05. The van der Waals surface area contributed by atoms with Gasteiger partial charge in [-0.25, -0.2) is 0 Å². The van der Waals surface area contributed by atoms with Gasteiger partial charge in [0.05, 0.1) is 6.61 Å². The number of hydrogen-bond acceptors (Lipinski definition) is 4. The van der Waals surface area contributed by atoms with Gasteiger partial charge in [-0.1, -0.05) is 66.7 Å². The van der Waals surface area contributed by atoms with Crippen LogP contribution in [0.25, 0.3) is 10.8 Å². The van der Waals surface area contributed by atoms with Crippen molar-refractivity contribution in [3.63, 3.8) is 0 Å². The van der Waals surface area contributed by atoms with Crippen molar-refractivity contribution in [3.05, 3.63) is 78.4 Å². The number of aliphatic hydroxyl groups is 2. The second kappa shape index (κ2) is 9.34. The molecule has 3 aromatic rings. The minimum atomic E-state index is -0.635. The fourth-order valence-electron chi connectivity index (χ4n) is 3.08. The first-order valence-corrected chi connectivity index (χ1v) is 8.92. The lowest BCUT2D eigenvalue weighted by molar-refractivity contribution is 0.0595. The summed E-state index contributed by atoms with van der Waals surface area (Å²) in [5.41, 5.74) is 1.16. The summed E-state index contributed by atoms with van der Waals surface area (Å²) < 4.78 is 5.87. The molecule has 0 saturated carbocycles. The van der Waals surface area contributed by atoms with Gasteiger partial charge in [0.25, 0.3) is 0 Å². The van der Waals surface area contributed by atoms with Gasteiger partial charge >= 0.3 is 0 Å². The number of rotatable bonds is 9. The number of nitrogens with zero attached hydrogens (tertiary/aromatic N) is 1. The lowest BCUT2D eigenvalue weighted by Crippen LogP contribution is -2.37. The van der Waals surface area contributed by atoms with E-state index in [4.69, 9.17) is 4.74 Å². The molecule has 1 atom stereocenters. The van der Waals surface area contributed by atoms with Crippen LogP contribution < -0.4 is 4.74 Å². The predicted octanol–water partition coefficient (Wildman–Crippen LogP) is 3.07. The highest BCUT2D eigenvalue weighted by atomic mass is 16.5. The summed E-state index contributed by atoms with van der Waals surface area (Å²) in [6.45, 7) is 1.92. The number of benzene rings is 3. The quantitative estimate of drug-likeness (QED) is 0.622. The summed E-state index contributed by atoms with van der Waals surface area (Å²) in [6.07, 6.45) is -0.635. The second-order valence-electron chi connectivity index (χ2n) is 6.39. The average Bonchev–Trinajstić information content (AvgIpc) is 2.67. The SMILES string of the molecule is OCCN(Cc1ccccc1)CC(O)COc1cccc2ccccc12. The molecule has 136 valence electrons. The number of hydrogen-bond donors (Lipinski definition) is 2. The summed E-state index contributed by atoms with van der Waals surface area (Å²) >= 11 is 0. The van der Waals surface area contributed by atoms with Crippen molar-refractivity contribution >= 4 is 10.8 Å². The van der Waals surface area contributed by atoms with E-state index in [0.717, 1.165) is 22.1 Å². The Hall–Kier alpha value is -2.40. The molecule has 0 bridgehead atoms. The van der Waals surface area contributed by atoms with Gasteiger partial charge in [-0.05, 0) is 17.0 Å². The first kappa shape index (κ1) is 18.4. The Morgan fingerprint density at radius 3 is 2.42 bits per heavy atom. The molecule has 0 aromatic heterocycles. The monoisotopic (exact) mass is 351 g/mol. The molecule has 0 aliphatic heterocycles. The molecule has 0 saturated heterocycles. The zero-order chi connectivity index (χ0) is 18.2. The van der Waals surface area contributed by atoms with E-state index < -0.39 is 6.10 Å². The van der Waals surface area contributed by atoms with E-state index >= 15 is 0 Å². The van der Waals surface area contributed by atoms with E-state index in [1.807, 2.05) is 77.7 Å². The Kier molecular flexibility index (Phi) is 6.61. The van der Waals surface area contributed by atoms with Crippen molar-refractivity contribution in [3.8, 4) is 5.75 Å². The Morgan fingerprint density at radius 2 is 1.62 bits per heavy atom. The number of ether oxygens (including phenoxy) is 1. The zero-order valence-electron chi connectivity index (χ0n) is 14.8. The number of fused-ring (bicyclic) bond motifs is 1. The molecule has 0 fully saturated rings. The van der Waals surface area contributed by atoms with E-state index in [9.17, 15) is 10.2 Å². The molecule has 0 heterocycles. The van der Waals surface area contributed by atoms with Crippen LogP contribution in [-0.2, 0) is 6.54 Å². The van der Waals surface area contributed by atoms with Crippen LogP contribution in [-0.4, -0.2) is 47.5 Å². The highest BCUT2D eigenvalue weighted by molar-refractivity contribution is 5.88. The highest BCUT2D eigenvalue weighted by Gasteiger charge is 2.13. The summed E-state index contributed by atoms with van der Waals surface area (Å²) in [5, 5.41) is 21.9. The normalized spacial score (nSPS) is 12.4. The minimum absolute atomic E-state index is 0.0593. The minimum Gasteiger partial charge on any atom is -0.490 e. The van der Waals surface area contributed by atoms with Gasteiger partial charge in [-0.2, -0.15) is 0 Å². The van der Waals surface area contributed by atoms with Crippen LogP contribution in [0, 0.1) is 0 Å². The first-order chi connectivity index (χ1) is 12.8. The highest BCUT2D eigenvalue weighted by Crippen LogP contribution is 2.25. The molecule has 0 aliphatic rings. The molecule has 0 aliphatic carbocycles. The fraction of sp³-hybridized carbons (Fsp3) is 0.273. The maximum atomic E-state index is 10.4. The van der Waals surface area contributed by atoms with E-state index in [1.54, 1.807) is 0 Å². The van der Waals surface area contributed by atoms with Crippen LogP contribution in [0.5, 0.6) is 5.75 Å². The molecular formula is C22H25NO3. The third-order valence-electron chi connectivity index (χ3n) is 4.32. The van der Waals surface area contributed by atoms with Gasteiger partial charge < -0.3 is 14.9 Å². The second-order valence-corrected chi connectivity index (χ2v) is 6.39. The zero-order valence-corrected chi connectivity index (χ0v) is 14.8. The third-order valence-corrected chi connectivity index (χ3v) is 4.32. The lowest BCUT2D eigenvalue weighted by Gasteiger charge is -2.24. The molecule has 2 N–H and O–H groups in total. The van der Waals surface area contributed by atoms with E-state index in [1.165, 1.54) is 0 Å². The number of aliphatic hydroxyl groups excluding tert-OH is 2. The van der Waals surface area contributed by atoms with Gasteiger partial charge in [0.1, 0.15) is 18.5 Å². The molecule has 0 radical (unpaired) electrons. The van der Waals surface area contributed by atoms with Gasteiger partial charge in [-0.3, -0.25) is 4.90 Å². The maximum absolute atomic E-state index is 10.4. The molecule has 26 heavy (non-hydrogen) atoms. The van der Waals surface area contributed by atoms with Crippen molar-refractivity contribution in [2.75, 3.05) is 26.3 Å². The van der Waals surface area contributed by atoms with Crippen molar-refractivity contribution in [1.29, 1.82) is 0 Å². The molecule has 0 spiro atoms. The van der Waals surface area contributed by atoms with E-state index in [0.29, 0.717) is 19.6 Å². The van der Waals surface area contributed by atoms with Gasteiger partial charge in [0.2, 0.25) is 0 Å². The molecule has 3 rings (SSSR count). The summed E-state index contributed by atoms with van der Waals surface area (Å²) in [6, 6.07) is 24.0. The van der Waals surface area contributed by atoms with Gasteiger partial charge in [0, 0.05) is 25.0 Å². The Bertz CT molecular complexity index is 801. The predicted molar refractivity (Wildman–Crippen MR) is 104 cm³/mol. The largest absolute Gasteiger partial charge is 0.490 e. The summed E-state index contributed by atoms with van der Waals surface area (Å²) in [4.78, 5) is 2.03. The Morgan fingerprint density at radius 1 is 0.885 bits per heavy atom. The maximum Gasteiger partial charge on any atom is 0.127 e. The van der Waals surface area contributed by atoms with Gasteiger partial charge in [-0.15, -0.1) is 0 Å². The molecule has 4 heteroatoms. The molecular weight excluding hydrogens is 326 g/mol. The molecule has 4 nitrogen and oxygen atoms in total. The Balaban J connectivity index is 1.58. The van der Waals surface area contributed by atoms with E-state index in [-0.39, 0.29) is 13.2 Å².